The molecule has 1 aromatic rings. The molecule has 2 nitrogen and oxygen atoms in total. The summed E-state index contributed by atoms with van der Waals surface area (Å²) in [6, 6.07) is 7.95. The highest BCUT2D eigenvalue weighted by Crippen LogP contribution is 2.15. The van der Waals surface area contributed by atoms with Crippen molar-refractivity contribution in [1.29, 1.82) is 0 Å². The normalized spacial score (nSPS) is 20.2. The van der Waals surface area contributed by atoms with E-state index in [0.29, 0.717) is 12.5 Å². The van der Waals surface area contributed by atoms with Crippen LogP contribution in [0.5, 0.6) is 0 Å². The number of hydrogen-bond donors (Lipinski definition) is 1. The van der Waals surface area contributed by atoms with E-state index in [9.17, 15) is 4.79 Å². The van der Waals surface area contributed by atoms with Gasteiger partial charge in [0.25, 0.3) is 0 Å². The van der Waals surface area contributed by atoms with Crippen LogP contribution in [0.25, 0.3) is 0 Å². The molecule has 1 N–H and O–H groups in total. The maximum Gasteiger partial charge on any atom is 0.164 e. The zero-order valence-electron chi connectivity index (χ0n) is 7.79. The largest absolute Gasteiger partial charge is 0.313 e. The monoisotopic (exact) mass is 253 g/mol. The van der Waals surface area contributed by atoms with Crippen LogP contribution < -0.4 is 5.32 Å². The van der Waals surface area contributed by atoms with Gasteiger partial charge in [-0.15, -0.1) is 0 Å². The molecule has 2 rings (SSSR count). The van der Waals surface area contributed by atoms with E-state index in [1.165, 1.54) is 0 Å². The molecule has 0 aromatic heterocycles. The molecule has 14 heavy (non-hydrogen) atoms. The van der Waals surface area contributed by atoms with Gasteiger partial charge in [-0.2, -0.15) is 0 Å². The fraction of sp³-hybridized carbons (Fsp3) is 0.364. The Morgan fingerprint density at radius 3 is 2.57 bits per heavy atom. The van der Waals surface area contributed by atoms with Crippen LogP contribution in [0, 0.1) is 0 Å². The van der Waals surface area contributed by atoms with Crippen molar-refractivity contribution >= 4 is 21.7 Å². The molecule has 74 valence electrons. The Labute approximate surface area is 91.8 Å². The summed E-state index contributed by atoms with van der Waals surface area (Å²) in [5.74, 6) is 0.231. The summed E-state index contributed by atoms with van der Waals surface area (Å²) in [6.07, 6.45) is 1.75. The molecule has 1 saturated heterocycles. The summed E-state index contributed by atoms with van der Waals surface area (Å²) in [4.78, 5) is 11.7. The summed E-state index contributed by atoms with van der Waals surface area (Å²) in [7, 11) is 0. The van der Waals surface area contributed by atoms with E-state index in [4.69, 9.17) is 0 Å². The lowest BCUT2D eigenvalue weighted by Crippen LogP contribution is -2.44. The molecular formula is C11H12BrNO. The number of carbonyl (C=O) groups is 1. The molecule has 0 bridgehead atoms. The molecule has 0 saturated carbocycles. The van der Waals surface area contributed by atoms with Gasteiger partial charge in [-0.05, 0) is 25.1 Å². The van der Waals surface area contributed by atoms with Crippen molar-refractivity contribution in [2.45, 2.75) is 18.9 Å². The van der Waals surface area contributed by atoms with Crippen LogP contribution in [0.15, 0.2) is 28.7 Å². The number of rotatable bonds is 3. The minimum atomic E-state index is 0.231. The highest BCUT2D eigenvalue weighted by Gasteiger charge is 2.20. The van der Waals surface area contributed by atoms with Crippen LogP contribution in [0.2, 0.25) is 0 Å². The molecule has 1 aliphatic heterocycles. The van der Waals surface area contributed by atoms with Crippen LogP contribution in [0.4, 0.5) is 0 Å². The zero-order chi connectivity index (χ0) is 9.97. The Kier molecular flexibility index (Phi) is 2.99. The number of ketones is 1. The second-order valence-corrected chi connectivity index (χ2v) is 4.49. The highest BCUT2D eigenvalue weighted by molar-refractivity contribution is 9.10. The van der Waals surface area contributed by atoms with Gasteiger partial charge in [0.2, 0.25) is 0 Å². The van der Waals surface area contributed by atoms with Crippen molar-refractivity contribution in [3.8, 4) is 0 Å². The van der Waals surface area contributed by atoms with Gasteiger partial charge in [-0.3, -0.25) is 4.79 Å². The first-order chi connectivity index (χ1) is 6.75. The first-order valence-electron chi connectivity index (χ1n) is 4.78. The maximum atomic E-state index is 11.7. The summed E-state index contributed by atoms with van der Waals surface area (Å²) in [5.41, 5.74) is 0.807. The highest BCUT2D eigenvalue weighted by atomic mass is 79.9. The van der Waals surface area contributed by atoms with Crippen LogP contribution in [-0.2, 0) is 0 Å². The van der Waals surface area contributed by atoms with E-state index >= 15 is 0 Å². The van der Waals surface area contributed by atoms with Crippen LogP contribution in [-0.4, -0.2) is 18.4 Å². The molecule has 0 spiro atoms. The van der Waals surface area contributed by atoms with E-state index in [2.05, 4.69) is 21.2 Å². The number of benzene rings is 1. The molecule has 1 aromatic carbocycles. The minimum absolute atomic E-state index is 0.231. The molecule has 1 fully saturated rings. The van der Waals surface area contributed by atoms with Gasteiger partial charge in [-0.1, -0.05) is 28.1 Å². The Hall–Kier alpha value is -0.670. The van der Waals surface area contributed by atoms with Crippen LogP contribution >= 0.6 is 15.9 Å². The molecule has 1 unspecified atom stereocenters. The molecule has 0 radical (unpaired) electrons. The third kappa shape index (κ3) is 2.22. The maximum absolute atomic E-state index is 11.7. The van der Waals surface area contributed by atoms with Gasteiger partial charge in [-0.25, -0.2) is 0 Å². The fourth-order valence-corrected chi connectivity index (χ4v) is 1.76. The molecule has 1 heterocycles. The fourth-order valence-electron chi connectivity index (χ4n) is 1.50. The first-order valence-corrected chi connectivity index (χ1v) is 5.57. The smallest absolute Gasteiger partial charge is 0.164 e. The third-order valence-corrected chi connectivity index (χ3v) is 3.05. The van der Waals surface area contributed by atoms with Gasteiger partial charge in [0, 0.05) is 22.5 Å². The van der Waals surface area contributed by atoms with Gasteiger partial charge in [0.1, 0.15) is 0 Å². The van der Waals surface area contributed by atoms with Gasteiger partial charge in [0.05, 0.1) is 0 Å². The quantitative estimate of drug-likeness (QED) is 0.839. The van der Waals surface area contributed by atoms with Crippen molar-refractivity contribution < 1.29 is 4.79 Å². The van der Waals surface area contributed by atoms with Crippen molar-refractivity contribution in [2.75, 3.05) is 6.54 Å². The van der Waals surface area contributed by atoms with Gasteiger partial charge < -0.3 is 5.32 Å². The number of Topliss-reactive ketones (excluding diaryl/α,β-unsaturated/α-hetero) is 1. The standard InChI is InChI=1S/C11H12BrNO/c12-9-3-1-8(2-4-9)11(14)7-10-5-6-13-10/h1-4,10,13H,5-7H2. The lowest BCUT2D eigenvalue weighted by atomic mass is 9.97. The average molecular weight is 254 g/mol. The van der Waals surface area contributed by atoms with Crippen molar-refractivity contribution in [2.24, 2.45) is 0 Å². The molecule has 1 atom stereocenters. The number of carbonyl (C=O) groups excluding carboxylic acids is 1. The van der Waals surface area contributed by atoms with Crippen molar-refractivity contribution in [3.63, 3.8) is 0 Å². The van der Waals surface area contributed by atoms with Gasteiger partial charge in [0.15, 0.2) is 5.78 Å². The summed E-state index contributed by atoms with van der Waals surface area (Å²) >= 11 is 3.35. The lowest BCUT2D eigenvalue weighted by molar-refractivity contribution is 0.0956. The minimum Gasteiger partial charge on any atom is -0.313 e. The Bertz CT molecular complexity index is 330. The lowest BCUT2D eigenvalue weighted by Gasteiger charge is -2.26. The third-order valence-electron chi connectivity index (χ3n) is 2.52. The van der Waals surface area contributed by atoms with E-state index in [1.807, 2.05) is 24.3 Å². The number of halogens is 1. The van der Waals surface area contributed by atoms with E-state index in [1.54, 1.807) is 0 Å². The van der Waals surface area contributed by atoms with Crippen molar-refractivity contribution in [3.05, 3.63) is 34.3 Å². The summed E-state index contributed by atoms with van der Waals surface area (Å²) in [6.45, 7) is 1.05. The zero-order valence-corrected chi connectivity index (χ0v) is 9.38. The number of nitrogens with one attached hydrogen (secondary N) is 1. The summed E-state index contributed by atoms with van der Waals surface area (Å²) in [5, 5.41) is 3.23. The predicted octanol–water partition coefficient (Wildman–Crippen LogP) is 2.38. The van der Waals surface area contributed by atoms with Crippen molar-refractivity contribution in [1.82, 2.24) is 5.32 Å². The molecule has 0 aliphatic carbocycles. The molecule has 1 aliphatic rings. The second kappa shape index (κ2) is 4.24. The first kappa shape index (κ1) is 9.87. The van der Waals surface area contributed by atoms with E-state index in [0.717, 1.165) is 23.0 Å². The topological polar surface area (TPSA) is 29.1 Å². The average Bonchev–Trinajstić information content (AvgIpc) is 2.12. The number of hydrogen-bond acceptors (Lipinski definition) is 2. The second-order valence-electron chi connectivity index (χ2n) is 3.57. The van der Waals surface area contributed by atoms with E-state index in [-0.39, 0.29) is 5.78 Å². The van der Waals surface area contributed by atoms with Crippen LogP contribution in [0.3, 0.4) is 0 Å². The summed E-state index contributed by atoms with van der Waals surface area (Å²) < 4.78 is 1.01. The molecule has 0 amide bonds. The SMILES string of the molecule is O=C(CC1CCN1)c1ccc(Br)cc1. The Morgan fingerprint density at radius 2 is 2.07 bits per heavy atom. The molecule has 3 heteroatoms. The Balaban J connectivity index is 1.99. The predicted molar refractivity (Wildman–Crippen MR) is 59.5 cm³/mol. The van der Waals surface area contributed by atoms with Crippen LogP contribution in [0.1, 0.15) is 23.2 Å². The Morgan fingerprint density at radius 1 is 1.43 bits per heavy atom. The van der Waals surface area contributed by atoms with E-state index < -0.39 is 0 Å². The molecular weight excluding hydrogens is 242 g/mol. The van der Waals surface area contributed by atoms with Gasteiger partial charge >= 0.3 is 0 Å².